The molecule has 2 aliphatic heterocycles. The standard InChI is InChI=1S/C12H20N4O3S2.C2HF3O2/c1-3-21(17,18)13-4-9-7-19-11-6-16(5-10(9)11)12-15-14-8(2)20-12;3-2(4,5)1(6)7/h9-11,13H,3-7H2,1-2H3;(H,6,7)/t9-,10-,11-;/m1./s1. The minimum Gasteiger partial charge on any atom is -0.475 e. The molecule has 0 radical (unpaired) electrons. The fraction of sp³-hybridized carbons (Fsp3) is 0.786. The Bertz CT molecular complexity index is 786. The minimum atomic E-state index is -5.08. The Morgan fingerprint density at radius 2 is 2.04 bits per heavy atom. The summed E-state index contributed by atoms with van der Waals surface area (Å²) in [5.41, 5.74) is 0. The number of nitrogens with one attached hydrogen (secondary N) is 1. The molecule has 9 nitrogen and oxygen atoms in total. The van der Waals surface area contributed by atoms with Crippen molar-refractivity contribution in [2.24, 2.45) is 11.8 Å². The normalized spacial score (nSPS) is 24.6. The molecule has 0 aliphatic carbocycles. The molecule has 3 heterocycles. The first-order valence-electron chi connectivity index (χ1n) is 8.37. The van der Waals surface area contributed by atoms with Crippen LogP contribution < -0.4 is 9.62 Å². The molecule has 2 saturated heterocycles. The summed E-state index contributed by atoms with van der Waals surface area (Å²) in [6.45, 7) is 6.35. The Kier molecular flexibility index (Phi) is 7.22. The van der Waals surface area contributed by atoms with Crippen LogP contribution in [0.2, 0.25) is 0 Å². The first kappa shape index (κ1) is 22.8. The van der Waals surface area contributed by atoms with Crippen molar-refractivity contribution in [3.8, 4) is 0 Å². The number of anilines is 1. The predicted octanol–water partition coefficient (Wildman–Crippen LogP) is 0.870. The molecule has 0 aromatic carbocycles. The number of aromatic nitrogens is 2. The largest absolute Gasteiger partial charge is 0.490 e. The second kappa shape index (κ2) is 8.88. The van der Waals surface area contributed by atoms with Crippen LogP contribution in [-0.2, 0) is 19.6 Å². The van der Waals surface area contributed by atoms with Crippen LogP contribution in [0.1, 0.15) is 11.9 Å². The molecule has 2 N–H and O–H groups in total. The van der Waals surface area contributed by atoms with Crippen molar-refractivity contribution in [2.75, 3.05) is 36.9 Å². The van der Waals surface area contributed by atoms with Gasteiger partial charge in [0.15, 0.2) is 0 Å². The minimum absolute atomic E-state index is 0.116. The van der Waals surface area contributed by atoms with E-state index in [-0.39, 0.29) is 17.8 Å². The highest BCUT2D eigenvalue weighted by molar-refractivity contribution is 7.89. The number of carboxylic acid groups (broad SMARTS) is 1. The lowest BCUT2D eigenvalue weighted by Gasteiger charge is -2.18. The van der Waals surface area contributed by atoms with Gasteiger partial charge in [-0.25, -0.2) is 17.9 Å². The topological polar surface area (TPSA) is 122 Å². The van der Waals surface area contributed by atoms with Crippen LogP contribution in [-0.4, -0.2) is 74.0 Å². The summed E-state index contributed by atoms with van der Waals surface area (Å²) in [5, 5.41) is 17.2. The van der Waals surface area contributed by atoms with Gasteiger partial charge in [0.1, 0.15) is 5.01 Å². The SMILES string of the molecule is CCS(=O)(=O)NC[C@@H]1CO[C@@H]2CN(c3nnc(C)s3)C[C@H]12.O=C(O)C(F)(F)F. The van der Waals surface area contributed by atoms with Gasteiger partial charge >= 0.3 is 12.1 Å². The van der Waals surface area contributed by atoms with E-state index in [4.69, 9.17) is 14.6 Å². The van der Waals surface area contributed by atoms with Gasteiger partial charge in [0.05, 0.1) is 18.5 Å². The van der Waals surface area contributed by atoms with Gasteiger partial charge in [0.25, 0.3) is 0 Å². The van der Waals surface area contributed by atoms with Crippen molar-refractivity contribution in [3.05, 3.63) is 5.01 Å². The number of halogens is 3. The zero-order valence-electron chi connectivity index (χ0n) is 15.1. The number of rotatable bonds is 5. The maximum absolute atomic E-state index is 11.6. The molecule has 0 bridgehead atoms. The average molecular weight is 446 g/mol. The van der Waals surface area contributed by atoms with Crippen LogP contribution >= 0.6 is 11.3 Å². The third-order valence-corrected chi connectivity index (χ3v) is 6.68. The van der Waals surface area contributed by atoms with Gasteiger partial charge in [-0.3, -0.25) is 0 Å². The average Bonchev–Trinajstić information content (AvgIpc) is 3.28. The van der Waals surface area contributed by atoms with E-state index >= 15 is 0 Å². The van der Waals surface area contributed by atoms with Crippen LogP contribution in [0.25, 0.3) is 0 Å². The van der Waals surface area contributed by atoms with Gasteiger partial charge in [0.2, 0.25) is 15.2 Å². The first-order chi connectivity index (χ1) is 12.9. The van der Waals surface area contributed by atoms with E-state index in [0.29, 0.717) is 19.1 Å². The molecule has 2 aliphatic rings. The van der Waals surface area contributed by atoms with E-state index in [1.165, 1.54) is 0 Å². The third kappa shape index (κ3) is 5.99. The molecule has 3 rings (SSSR count). The van der Waals surface area contributed by atoms with Crippen molar-refractivity contribution in [1.82, 2.24) is 14.9 Å². The molecular formula is C14H21F3N4O5S2. The molecule has 0 amide bonds. The summed E-state index contributed by atoms with van der Waals surface area (Å²) in [5.74, 6) is -2.05. The van der Waals surface area contributed by atoms with E-state index in [9.17, 15) is 21.6 Å². The van der Waals surface area contributed by atoms with E-state index in [2.05, 4.69) is 19.8 Å². The number of carbonyl (C=O) groups is 1. The second-order valence-electron chi connectivity index (χ2n) is 6.36. The van der Waals surface area contributed by atoms with E-state index in [1.54, 1.807) is 18.3 Å². The van der Waals surface area contributed by atoms with E-state index in [0.717, 1.165) is 23.2 Å². The molecular weight excluding hydrogens is 425 g/mol. The van der Waals surface area contributed by atoms with Crippen molar-refractivity contribution in [2.45, 2.75) is 26.1 Å². The Balaban J connectivity index is 0.000000345. The van der Waals surface area contributed by atoms with Gasteiger partial charge < -0.3 is 14.7 Å². The highest BCUT2D eigenvalue weighted by Crippen LogP contribution is 2.36. The fourth-order valence-electron chi connectivity index (χ4n) is 2.92. The van der Waals surface area contributed by atoms with Gasteiger partial charge in [-0.2, -0.15) is 13.2 Å². The number of hydrogen-bond acceptors (Lipinski definition) is 8. The molecule has 0 spiro atoms. The molecule has 0 unspecified atom stereocenters. The number of fused-ring (bicyclic) bond motifs is 1. The number of ether oxygens (including phenoxy) is 1. The lowest BCUT2D eigenvalue weighted by Crippen LogP contribution is -2.35. The molecule has 3 atom stereocenters. The van der Waals surface area contributed by atoms with Gasteiger partial charge in [-0.15, -0.1) is 10.2 Å². The number of hydrogen-bond donors (Lipinski definition) is 2. The van der Waals surface area contributed by atoms with E-state index in [1.807, 2.05) is 6.92 Å². The zero-order chi connectivity index (χ0) is 21.1. The van der Waals surface area contributed by atoms with Crippen LogP contribution in [0.15, 0.2) is 0 Å². The summed E-state index contributed by atoms with van der Waals surface area (Å²) in [6, 6.07) is 0. The fourth-order valence-corrected chi connectivity index (χ4v) is 4.29. The second-order valence-corrected chi connectivity index (χ2v) is 9.61. The monoisotopic (exact) mass is 446 g/mol. The highest BCUT2D eigenvalue weighted by atomic mass is 32.2. The number of aliphatic carboxylic acids is 1. The number of nitrogens with zero attached hydrogens (tertiary/aromatic N) is 3. The molecule has 1 aromatic heterocycles. The van der Waals surface area contributed by atoms with Crippen molar-refractivity contribution < 1.29 is 36.2 Å². The van der Waals surface area contributed by atoms with Crippen LogP contribution in [0.3, 0.4) is 0 Å². The first-order valence-corrected chi connectivity index (χ1v) is 10.8. The Morgan fingerprint density at radius 1 is 1.39 bits per heavy atom. The predicted molar refractivity (Wildman–Crippen MR) is 94.7 cm³/mol. The maximum Gasteiger partial charge on any atom is 0.490 e. The lowest BCUT2D eigenvalue weighted by molar-refractivity contribution is -0.192. The van der Waals surface area contributed by atoms with Crippen molar-refractivity contribution in [3.63, 3.8) is 0 Å². The lowest BCUT2D eigenvalue weighted by atomic mass is 9.93. The molecule has 160 valence electrons. The quantitative estimate of drug-likeness (QED) is 0.683. The van der Waals surface area contributed by atoms with Crippen LogP contribution in [0.4, 0.5) is 18.3 Å². The summed E-state index contributed by atoms with van der Waals surface area (Å²) in [6.07, 6.45) is -4.91. The Hall–Kier alpha value is -1.51. The Labute approximate surface area is 163 Å². The maximum atomic E-state index is 11.6. The van der Waals surface area contributed by atoms with Crippen LogP contribution in [0, 0.1) is 18.8 Å². The number of carboxylic acids is 1. The van der Waals surface area contributed by atoms with Crippen molar-refractivity contribution in [1.29, 1.82) is 0 Å². The third-order valence-electron chi connectivity index (χ3n) is 4.41. The van der Waals surface area contributed by atoms with Crippen molar-refractivity contribution >= 4 is 32.5 Å². The van der Waals surface area contributed by atoms with Gasteiger partial charge in [-0.05, 0) is 13.8 Å². The molecule has 1 aromatic rings. The summed E-state index contributed by atoms with van der Waals surface area (Å²) in [7, 11) is -3.14. The van der Waals surface area contributed by atoms with Crippen LogP contribution in [0.5, 0.6) is 0 Å². The zero-order valence-corrected chi connectivity index (χ0v) is 16.8. The number of sulfonamides is 1. The Morgan fingerprint density at radius 3 is 2.54 bits per heavy atom. The highest BCUT2D eigenvalue weighted by Gasteiger charge is 2.44. The molecule has 14 heteroatoms. The summed E-state index contributed by atoms with van der Waals surface area (Å²) >= 11 is 1.58. The number of alkyl halides is 3. The van der Waals surface area contributed by atoms with Gasteiger partial charge in [-0.1, -0.05) is 11.3 Å². The summed E-state index contributed by atoms with van der Waals surface area (Å²) < 4.78 is 63.3. The smallest absolute Gasteiger partial charge is 0.475 e. The number of aryl methyl sites for hydroxylation is 1. The summed E-state index contributed by atoms with van der Waals surface area (Å²) in [4.78, 5) is 11.1. The molecule has 0 saturated carbocycles. The van der Waals surface area contributed by atoms with E-state index < -0.39 is 22.2 Å². The molecule has 28 heavy (non-hydrogen) atoms. The molecule has 2 fully saturated rings. The van der Waals surface area contributed by atoms with Gasteiger partial charge in [0, 0.05) is 31.5 Å².